The van der Waals surface area contributed by atoms with E-state index in [0.717, 1.165) is 31.6 Å². The first-order valence-electron chi connectivity index (χ1n) is 7.17. The van der Waals surface area contributed by atoms with Crippen LogP contribution < -0.4 is 4.74 Å². The summed E-state index contributed by atoms with van der Waals surface area (Å²) in [4.78, 5) is 11.6. The molecule has 2 heterocycles. The maximum Gasteiger partial charge on any atom is 0.163 e. The average molecular weight is 292 g/mol. The number of Topliss-reactive ketones (excluding diaryl/α,β-unsaturated/α-hetero) is 1. The van der Waals surface area contributed by atoms with Crippen molar-refractivity contribution >= 4 is 17.5 Å². The average Bonchev–Trinajstić information content (AvgIpc) is 2.87. The number of hydrogen-bond acceptors (Lipinski definition) is 4. The minimum absolute atomic E-state index is 0.0126. The summed E-state index contributed by atoms with van der Waals surface area (Å²) in [6, 6.07) is 7.52. The molecule has 1 aromatic rings. The van der Waals surface area contributed by atoms with Gasteiger partial charge in [0.15, 0.2) is 5.78 Å². The second kappa shape index (κ2) is 5.78. The molecule has 1 spiro atoms. The Hall–Kier alpha value is -1.00. The van der Waals surface area contributed by atoms with E-state index in [1.54, 1.807) is 6.92 Å². The van der Waals surface area contributed by atoms with Crippen LogP contribution in [0.4, 0.5) is 0 Å². The summed E-state index contributed by atoms with van der Waals surface area (Å²) in [7, 11) is 0. The number of ether oxygens (including phenoxy) is 2. The summed E-state index contributed by atoms with van der Waals surface area (Å²) in [5, 5.41) is 0. The lowest BCUT2D eigenvalue weighted by Crippen LogP contribution is -2.43. The van der Waals surface area contributed by atoms with Crippen molar-refractivity contribution in [3.63, 3.8) is 0 Å². The van der Waals surface area contributed by atoms with E-state index in [1.807, 2.05) is 36.0 Å². The lowest BCUT2D eigenvalue weighted by atomic mass is 9.91. The van der Waals surface area contributed by atoms with Crippen molar-refractivity contribution in [3.05, 3.63) is 29.8 Å². The van der Waals surface area contributed by atoms with Gasteiger partial charge in [-0.05, 0) is 31.2 Å². The highest BCUT2D eigenvalue weighted by Gasteiger charge is 2.41. The topological polar surface area (TPSA) is 35.5 Å². The molecule has 0 saturated carbocycles. The minimum atomic E-state index is 0.0126. The van der Waals surface area contributed by atoms with Crippen LogP contribution in [0.3, 0.4) is 0 Å². The van der Waals surface area contributed by atoms with Crippen molar-refractivity contribution in [2.24, 2.45) is 0 Å². The van der Waals surface area contributed by atoms with Gasteiger partial charge >= 0.3 is 0 Å². The van der Waals surface area contributed by atoms with Crippen molar-refractivity contribution in [1.29, 1.82) is 0 Å². The molecule has 0 radical (unpaired) electrons. The summed E-state index contributed by atoms with van der Waals surface area (Å²) in [5.74, 6) is 3.02. The van der Waals surface area contributed by atoms with E-state index in [-0.39, 0.29) is 17.5 Å². The summed E-state index contributed by atoms with van der Waals surface area (Å²) in [6.07, 6.45) is 3.11. The Morgan fingerprint density at radius 3 is 3.05 bits per heavy atom. The molecule has 2 fully saturated rings. The van der Waals surface area contributed by atoms with Crippen LogP contribution >= 0.6 is 11.8 Å². The van der Waals surface area contributed by atoms with E-state index in [2.05, 4.69) is 0 Å². The largest absolute Gasteiger partial charge is 0.489 e. The number of hydrogen-bond donors (Lipinski definition) is 0. The molecular formula is C16H20O3S. The van der Waals surface area contributed by atoms with Crippen LogP contribution in [-0.2, 0) is 4.74 Å². The Balaban J connectivity index is 1.73. The summed E-state index contributed by atoms with van der Waals surface area (Å²) < 4.78 is 12.1. The van der Waals surface area contributed by atoms with Gasteiger partial charge in [-0.2, -0.15) is 11.8 Å². The molecule has 2 unspecified atom stereocenters. The van der Waals surface area contributed by atoms with Crippen LogP contribution in [0.25, 0.3) is 0 Å². The Labute approximate surface area is 124 Å². The zero-order valence-electron chi connectivity index (χ0n) is 11.8. The molecular weight excluding hydrogens is 272 g/mol. The third kappa shape index (κ3) is 2.86. The molecule has 0 bridgehead atoms. The van der Waals surface area contributed by atoms with E-state index in [0.29, 0.717) is 11.3 Å². The smallest absolute Gasteiger partial charge is 0.163 e. The fourth-order valence-electron chi connectivity index (χ4n) is 2.99. The van der Waals surface area contributed by atoms with Crippen LogP contribution in [0.1, 0.15) is 36.5 Å². The number of thioether (sulfide) groups is 1. The van der Waals surface area contributed by atoms with E-state index < -0.39 is 0 Å². The number of carbonyl (C=O) groups is 1. The first-order valence-corrected chi connectivity index (χ1v) is 8.32. The lowest BCUT2D eigenvalue weighted by molar-refractivity contribution is -0.0959. The quantitative estimate of drug-likeness (QED) is 0.801. The molecule has 3 nitrogen and oxygen atoms in total. The van der Waals surface area contributed by atoms with Gasteiger partial charge in [-0.15, -0.1) is 0 Å². The SMILES string of the molecule is CC(=O)c1ccccc1OC1CCOC2(CCSC2)C1. The number of carbonyl (C=O) groups excluding carboxylic acids is 1. The molecule has 2 aliphatic heterocycles. The van der Waals surface area contributed by atoms with E-state index in [4.69, 9.17) is 9.47 Å². The summed E-state index contributed by atoms with van der Waals surface area (Å²) in [5.41, 5.74) is 0.688. The summed E-state index contributed by atoms with van der Waals surface area (Å²) in [6.45, 7) is 2.34. The number of para-hydroxylation sites is 1. The molecule has 3 rings (SSSR count). The highest BCUT2D eigenvalue weighted by Crippen LogP contribution is 2.39. The molecule has 2 atom stereocenters. The van der Waals surface area contributed by atoms with Gasteiger partial charge < -0.3 is 9.47 Å². The Bertz CT molecular complexity index is 494. The third-order valence-electron chi connectivity index (χ3n) is 4.07. The predicted molar refractivity (Wildman–Crippen MR) is 80.7 cm³/mol. The van der Waals surface area contributed by atoms with Crippen molar-refractivity contribution in [2.75, 3.05) is 18.1 Å². The lowest BCUT2D eigenvalue weighted by Gasteiger charge is -2.37. The number of rotatable bonds is 3. The molecule has 0 aliphatic carbocycles. The predicted octanol–water partition coefficient (Wildman–Crippen LogP) is 3.32. The zero-order chi connectivity index (χ0) is 14.0. The van der Waals surface area contributed by atoms with Crippen LogP contribution in [0.5, 0.6) is 5.75 Å². The summed E-state index contributed by atoms with van der Waals surface area (Å²) >= 11 is 1.96. The monoisotopic (exact) mass is 292 g/mol. The third-order valence-corrected chi connectivity index (χ3v) is 5.30. The maximum absolute atomic E-state index is 11.6. The molecule has 4 heteroatoms. The molecule has 2 saturated heterocycles. The van der Waals surface area contributed by atoms with Crippen molar-refractivity contribution in [1.82, 2.24) is 0 Å². The van der Waals surface area contributed by atoms with Crippen molar-refractivity contribution in [2.45, 2.75) is 37.9 Å². The van der Waals surface area contributed by atoms with Gasteiger partial charge in [0.2, 0.25) is 0 Å². The van der Waals surface area contributed by atoms with Crippen LogP contribution in [0.15, 0.2) is 24.3 Å². The Kier molecular flexibility index (Phi) is 4.03. The van der Waals surface area contributed by atoms with Gasteiger partial charge in [0.1, 0.15) is 11.9 Å². The second-order valence-corrected chi connectivity index (χ2v) is 6.72. The van der Waals surface area contributed by atoms with Gasteiger partial charge in [0, 0.05) is 18.6 Å². The highest BCUT2D eigenvalue weighted by atomic mass is 32.2. The minimum Gasteiger partial charge on any atom is -0.489 e. The first-order chi connectivity index (χ1) is 9.69. The maximum atomic E-state index is 11.6. The van der Waals surface area contributed by atoms with Crippen LogP contribution in [0, 0.1) is 0 Å². The molecule has 0 aromatic heterocycles. The molecule has 20 heavy (non-hydrogen) atoms. The highest BCUT2D eigenvalue weighted by molar-refractivity contribution is 7.99. The molecule has 1 aromatic carbocycles. The first kappa shape index (κ1) is 14.0. The molecule has 0 amide bonds. The van der Waals surface area contributed by atoms with E-state index in [1.165, 1.54) is 5.75 Å². The molecule has 2 aliphatic rings. The van der Waals surface area contributed by atoms with Crippen molar-refractivity contribution in [3.8, 4) is 5.75 Å². The van der Waals surface area contributed by atoms with Gasteiger partial charge in [0.05, 0.1) is 17.8 Å². The molecule has 0 N–H and O–H groups in total. The number of benzene rings is 1. The Morgan fingerprint density at radius 2 is 2.30 bits per heavy atom. The van der Waals surface area contributed by atoms with Gasteiger partial charge in [-0.1, -0.05) is 12.1 Å². The molecule has 108 valence electrons. The fourth-order valence-corrected chi connectivity index (χ4v) is 4.36. The fraction of sp³-hybridized carbons (Fsp3) is 0.562. The Morgan fingerprint density at radius 1 is 1.45 bits per heavy atom. The van der Waals surface area contributed by atoms with E-state index in [9.17, 15) is 4.79 Å². The normalized spacial score (nSPS) is 29.6. The van der Waals surface area contributed by atoms with Crippen LogP contribution in [-0.4, -0.2) is 35.6 Å². The van der Waals surface area contributed by atoms with Gasteiger partial charge in [-0.25, -0.2) is 0 Å². The second-order valence-electron chi connectivity index (χ2n) is 5.62. The zero-order valence-corrected chi connectivity index (χ0v) is 12.6. The van der Waals surface area contributed by atoms with Gasteiger partial charge in [-0.3, -0.25) is 4.79 Å². The van der Waals surface area contributed by atoms with E-state index >= 15 is 0 Å². The standard InChI is InChI=1S/C16H20O3S/c1-12(17)14-4-2-3-5-15(14)19-13-6-8-18-16(10-13)7-9-20-11-16/h2-5,13H,6-11H2,1H3. The van der Waals surface area contributed by atoms with Crippen molar-refractivity contribution < 1.29 is 14.3 Å². The van der Waals surface area contributed by atoms with Gasteiger partial charge in [0.25, 0.3) is 0 Å². The van der Waals surface area contributed by atoms with Crippen LogP contribution in [0.2, 0.25) is 0 Å². The number of ketones is 1.